The van der Waals surface area contributed by atoms with E-state index < -0.39 is 0 Å². The molecule has 2 heterocycles. The molecule has 1 amide bonds. The van der Waals surface area contributed by atoms with Crippen LogP contribution in [0.5, 0.6) is 0 Å². The SMILES string of the molecule is Cc1ccc(-n2nc(C(=O)N(C)c3ccc(Cl)cc3)c3c4ccccc4n(C)c3c2=O)cc1. The summed E-state index contributed by atoms with van der Waals surface area (Å²) in [6, 6.07) is 22.1. The first-order chi connectivity index (χ1) is 15.9. The van der Waals surface area contributed by atoms with Crippen LogP contribution in [0.2, 0.25) is 5.02 Å². The third kappa shape index (κ3) is 3.39. The Morgan fingerprint density at radius 2 is 1.64 bits per heavy atom. The van der Waals surface area contributed by atoms with Crippen molar-refractivity contribution in [2.24, 2.45) is 7.05 Å². The van der Waals surface area contributed by atoms with Crippen LogP contribution >= 0.6 is 11.6 Å². The third-order valence-corrected chi connectivity index (χ3v) is 6.19. The minimum atomic E-state index is -0.320. The Labute approximate surface area is 195 Å². The van der Waals surface area contributed by atoms with E-state index in [0.29, 0.717) is 27.3 Å². The van der Waals surface area contributed by atoms with Crippen molar-refractivity contribution in [3.63, 3.8) is 0 Å². The molecule has 7 heteroatoms. The lowest BCUT2D eigenvalue weighted by molar-refractivity contribution is 0.0988. The molecule has 0 bridgehead atoms. The predicted molar refractivity (Wildman–Crippen MR) is 133 cm³/mol. The van der Waals surface area contributed by atoms with Crippen molar-refractivity contribution in [1.82, 2.24) is 14.3 Å². The first-order valence-corrected chi connectivity index (χ1v) is 10.9. The zero-order chi connectivity index (χ0) is 23.3. The Balaban J connectivity index is 1.82. The number of rotatable bonds is 3. The monoisotopic (exact) mass is 456 g/mol. The van der Waals surface area contributed by atoms with Crippen molar-refractivity contribution in [1.29, 1.82) is 0 Å². The number of fused-ring (bicyclic) bond motifs is 3. The van der Waals surface area contributed by atoms with E-state index in [1.165, 1.54) is 9.58 Å². The van der Waals surface area contributed by atoms with Crippen LogP contribution in [0.1, 0.15) is 16.1 Å². The van der Waals surface area contributed by atoms with Crippen LogP contribution in [0.4, 0.5) is 5.69 Å². The second kappa shape index (κ2) is 7.90. The van der Waals surface area contributed by atoms with Crippen LogP contribution < -0.4 is 10.5 Å². The van der Waals surface area contributed by atoms with E-state index in [1.54, 1.807) is 31.3 Å². The standard InChI is InChI=1S/C26H21ClN4O2/c1-16-8-12-19(13-9-16)31-26(33)24-22(20-6-4-5-7-21(20)30(24)3)23(28-31)25(32)29(2)18-14-10-17(27)11-15-18/h4-15H,1-3H3. The Kier molecular flexibility index (Phi) is 5.02. The molecular weight excluding hydrogens is 436 g/mol. The Bertz CT molecular complexity index is 1580. The van der Waals surface area contributed by atoms with Crippen molar-refractivity contribution in [3.05, 3.63) is 99.4 Å². The van der Waals surface area contributed by atoms with E-state index in [1.807, 2.05) is 67.1 Å². The zero-order valence-electron chi connectivity index (χ0n) is 18.4. The van der Waals surface area contributed by atoms with Crippen molar-refractivity contribution in [3.8, 4) is 5.69 Å². The molecule has 0 N–H and O–H groups in total. The molecule has 6 nitrogen and oxygen atoms in total. The molecule has 0 spiro atoms. The van der Waals surface area contributed by atoms with E-state index in [2.05, 4.69) is 5.10 Å². The molecule has 0 aliphatic carbocycles. The van der Waals surface area contributed by atoms with Crippen LogP contribution in [-0.2, 0) is 7.05 Å². The van der Waals surface area contributed by atoms with Gasteiger partial charge in [0.2, 0.25) is 0 Å². The zero-order valence-corrected chi connectivity index (χ0v) is 19.2. The normalized spacial score (nSPS) is 11.3. The van der Waals surface area contributed by atoms with Crippen LogP contribution in [0, 0.1) is 6.92 Å². The number of benzene rings is 3. The largest absolute Gasteiger partial charge is 0.339 e. The summed E-state index contributed by atoms with van der Waals surface area (Å²) in [6.07, 6.45) is 0. The molecule has 0 aliphatic heterocycles. The lowest BCUT2D eigenvalue weighted by Crippen LogP contribution is -2.31. The number of aromatic nitrogens is 3. The van der Waals surface area contributed by atoms with Crippen LogP contribution in [0.3, 0.4) is 0 Å². The van der Waals surface area contributed by atoms with Gasteiger partial charge in [-0.25, -0.2) is 0 Å². The lowest BCUT2D eigenvalue weighted by atomic mass is 10.1. The van der Waals surface area contributed by atoms with Crippen LogP contribution in [-0.4, -0.2) is 27.3 Å². The van der Waals surface area contributed by atoms with Gasteiger partial charge in [0.1, 0.15) is 5.52 Å². The molecule has 0 saturated heterocycles. The maximum Gasteiger partial charge on any atom is 0.296 e. The highest BCUT2D eigenvalue weighted by Crippen LogP contribution is 2.30. The summed E-state index contributed by atoms with van der Waals surface area (Å²) in [4.78, 5) is 28.9. The quantitative estimate of drug-likeness (QED) is 0.379. The van der Waals surface area contributed by atoms with Crippen molar-refractivity contribution in [2.45, 2.75) is 6.92 Å². The molecule has 164 valence electrons. The van der Waals surface area contributed by atoms with Gasteiger partial charge in [0.25, 0.3) is 11.5 Å². The fraction of sp³-hybridized carbons (Fsp3) is 0.115. The smallest absolute Gasteiger partial charge is 0.296 e. The average Bonchev–Trinajstić information content (AvgIpc) is 3.13. The van der Waals surface area contributed by atoms with Gasteiger partial charge in [-0.2, -0.15) is 9.78 Å². The summed E-state index contributed by atoms with van der Waals surface area (Å²) in [5, 5.41) is 6.54. The lowest BCUT2D eigenvalue weighted by Gasteiger charge is -2.18. The number of amides is 1. The molecule has 3 aromatic carbocycles. The number of aryl methyl sites for hydroxylation is 2. The summed E-state index contributed by atoms with van der Waals surface area (Å²) in [7, 11) is 3.52. The summed E-state index contributed by atoms with van der Waals surface area (Å²) in [5.74, 6) is -0.320. The molecule has 0 radical (unpaired) electrons. The molecule has 0 unspecified atom stereocenters. The summed E-state index contributed by atoms with van der Waals surface area (Å²) in [5.41, 5.74) is 3.55. The van der Waals surface area contributed by atoms with E-state index in [0.717, 1.165) is 16.5 Å². The number of nitrogens with zero attached hydrogens (tertiary/aromatic N) is 4. The van der Waals surface area contributed by atoms with Crippen molar-refractivity contribution < 1.29 is 4.79 Å². The van der Waals surface area contributed by atoms with Gasteiger partial charge in [-0.05, 0) is 49.4 Å². The van der Waals surface area contributed by atoms with Gasteiger partial charge >= 0.3 is 0 Å². The van der Waals surface area contributed by atoms with Crippen molar-refractivity contribution in [2.75, 3.05) is 11.9 Å². The molecular formula is C26H21ClN4O2. The van der Waals surface area contributed by atoms with E-state index >= 15 is 0 Å². The molecule has 33 heavy (non-hydrogen) atoms. The number of carbonyl (C=O) groups is 1. The minimum Gasteiger partial charge on any atom is -0.339 e. The summed E-state index contributed by atoms with van der Waals surface area (Å²) in [6.45, 7) is 1.98. The third-order valence-electron chi connectivity index (χ3n) is 5.94. The Morgan fingerprint density at radius 3 is 2.33 bits per heavy atom. The highest BCUT2D eigenvalue weighted by atomic mass is 35.5. The fourth-order valence-corrected chi connectivity index (χ4v) is 4.26. The van der Waals surface area contributed by atoms with Gasteiger partial charge in [0.05, 0.1) is 5.69 Å². The predicted octanol–water partition coefficient (Wildman–Crippen LogP) is 5.12. The maximum atomic E-state index is 13.8. The second-order valence-corrected chi connectivity index (χ2v) is 8.48. The van der Waals surface area contributed by atoms with Gasteiger partial charge in [-0.1, -0.05) is 47.5 Å². The highest BCUT2D eigenvalue weighted by Gasteiger charge is 2.26. The number of para-hydroxylation sites is 1. The molecule has 0 fully saturated rings. The van der Waals surface area contributed by atoms with Gasteiger partial charge in [0.15, 0.2) is 5.69 Å². The molecule has 0 saturated carbocycles. The average molecular weight is 457 g/mol. The number of carbonyl (C=O) groups excluding carboxylic acids is 1. The van der Waals surface area contributed by atoms with Crippen molar-refractivity contribution >= 4 is 45.0 Å². The summed E-state index contributed by atoms with van der Waals surface area (Å²) < 4.78 is 3.14. The Morgan fingerprint density at radius 1 is 0.970 bits per heavy atom. The van der Waals surface area contributed by atoms with E-state index in [9.17, 15) is 9.59 Å². The first-order valence-electron chi connectivity index (χ1n) is 10.5. The van der Waals surface area contributed by atoms with Gasteiger partial charge in [0, 0.05) is 41.1 Å². The minimum absolute atomic E-state index is 0.208. The molecule has 5 aromatic rings. The van der Waals surface area contributed by atoms with Gasteiger partial charge in [-0.3, -0.25) is 9.59 Å². The molecule has 2 aromatic heterocycles. The van der Waals surface area contributed by atoms with Gasteiger partial charge in [-0.15, -0.1) is 0 Å². The number of anilines is 1. The first kappa shape index (κ1) is 21.0. The number of hydrogen-bond acceptors (Lipinski definition) is 3. The number of halogens is 1. The molecule has 0 atom stereocenters. The maximum absolute atomic E-state index is 13.8. The van der Waals surface area contributed by atoms with E-state index in [4.69, 9.17) is 11.6 Å². The number of hydrogen-bond donors (Lipinski definition) is 0. The molecule has 5 rings (SSSR count). The molecule has 0 aliphatic rings. The topological polar surface area (TPSA) is 60.1 Å². The van der Waals surface area contributed by atoms with Crippen LogP contribution in [0.25, 0.3) is 27.5 Å². The van der Waals surface area contributed by atoms with Gasteiger partial charge < -0.3 is 9.47 Å². The Hall–Kier alpha value is -3.90. The fourth-order valence-electron chi connectivity index (χ4n) is 4.13. The second-order valence-electron chi connectivity index (χ2n) is 8.04. The van der Waals surface area contributed by atoms with Crippen LogP contribution in [0.15, 0.2) is 77.6 Å². The van der Waals surface area contributed by atoms with E-state index in [-0.39, 0.29) is 17.2 Å². The highest BCUT2D eigenvalue weighted by molar-refractivity contribution is 6.30. The summed E-state index contributed by atoms with van der Waals surface area (Å²) >= 11 is 6.02.